The average Bonchev–Trinajstić information content (AvgIpc) is 2.39. The zero-order valence-corrected chi connectivity index (χ0v) is 17.4. The van der Waals surface area contributed by atoms with Crippen molar-refractivity contribution >= 4 is 0 Å². The molecule has 0 radical (unpaired) electrons. The summed E-state index contributed by atoms with van der Waals surface area (Å²) < 4.78 is 6.31. The molecular weight excluding hydrogens is 280 g/mol. The van der Waals surface area contributed by atoms with Crippen molar-refractivity contribution in [1.29, 1.82) is 0 Å². The molecule has 0 aromatic heterocycles. The molecule has 0 heterocycles. The molecule has 23 heavy (non-hydrogen) atoms. The van der Waals surface area contributed by atoms with Crippen LogP contribution in [0.5, 0.6) is 5.75 Å². The van der Waals surface area contributed by atoms with Gasteiger partial charge in [-0.25, -0.2) is 0 Å². The van der Waals surface area contributed by atoms with Gasteiger partial charge in [0.05, 0.1) is 6.61 Å². The molecule has 0 fully saturated rings. The largest absolute Gasteiger partial charge is 0.493 e. The van der Waals surface area contributed by atoms with Crippen molar-refractivity contribution in [2.45, 2.75) is 82.6 Å². The Labute approximate surface area is 144 Å². The summed E-state index contributed by atoms with van der Waals surface area (Å²) in [6, 6.07) is 0. The zero-order valence-electron chi connectivity index (χ0n) is 17.4. The van der Waals surface area contributed by atoms with Gasteiger partial charge < -0.3 is 4.74 Å². The lowest BCUT2D eigenvalue weighted by Crippen LogP contribution is -2.33. The molecule has 0 aliphatic heterocycles. The molecule has 1 nitrogen and oxygen atoms in total. The first-order chi connectivity index (χ1) is 10.3. The Bertz CT molecular complexity index is 510. The van der Waals surface area contributed by atoms with E-state index in [0.717, 1.165) is 18.8 Å². The molecular formula is C22H38O. The molecule has 0 spiro atoms. The van der Waals surface area contributed by atoms with Gasteiger partial charge >= 0.3 is 0 Å². The van der Waals surface area contributed by atoms with Crippen LogP contribution in [0.2, 0.25) is 0 Å². The topological polar surface area (TPSA) is 9.23 Å². The quantitative estimate of drug-likeness (QED) is 0.599. The molecule has 0 saturated carbocycles. The SMILES string of the molecule is Cc1c(C)c(C)c(OCCC(C(C)(C)C)C(C)(C)C)c(C)c1C. The lowest BCUT2D eigenvalue weighted by molar-refractivity contribution is 0.0761. The molecule has 0 aliphatic rings. The molecule has 0 bridgehead atoms. The fourth-order valence-corrected chi connectivity index (χ4v) is 4.13. The van der Waals surface area contributed by atoms with Crippen LogP contribution in [0, 0.1) is 51.4 Å². The first-order valence-electron chi connectivity index (χ1n) is 8.98. The van der Waals surface area contributed by atoms with E-state index in [9.17, 15) is 0 Å². The van der Waals surface area contributed by atoms with E-state index >= 15 is 0 Å². The molecule has 1 aromatic rings. The summed E-state index contributed by atoms with van der Waals surface area (Å²) >= 11 is 0. The highest BCUT2D eigenvalue weighted by atomic mass is 16.5. The molecule has 0 aliphatic carbocycles. The summed E-state index contributed by atoms with van der Waals surface area (Å²) in [6.07, 6.45) is 1.10. The van der Waals surface area contributed by atoms with E-state index in [-0.39, 0.29) is 0 Å². The van der Waals surface area contributed by atoms with Gasteiger partial charge in [-0.3, -0.25) is 0 Å². The van der Waals surface area contributed by atoms with Crippen LogP contribution in [0.1, 0.15) is 75.8 Å². The predicted octanol–water partition coefficient (Wildman–Crippen LogP) is 6.71. The maximum Gasteiger partial charge on any atom is 0.125 e. The van der Waals surface area contributed by atoms with Crippen LogP contribution < -0.4 is 4.74 Å². The number of rotatable bonds is 4. The second-order valence-corrected chi connectivity index (χ2v) is 9.38. The second kappa shape index (κ2) is 6.87. The van der Waals surface area contributed by atoms with Crippen LogP contribution in [0.4, 0.5) is 0 Å². The summed E-state index contributed by atoms with van der Waals surface area (Å²) in [5.41, 5.74) is 7.32. The lowest BCUT2D eigenvalue weighted by Gasteiger charge is -2.41. The maximum atomic E-state index is 6.31. The smallest absolute Gasteiger partial charge is 0.125 e. The third kappa shape index (κ3) is 4.52. The molecule has 0 unspecified atom stereocenters. The third-order valence-corrected chi connectivity index (χ3v) is 5.67. The Morgan fingerprint density at radius 3 is 1.35 bits per heavy atom. The van der Waals surface area contributed by atoms with E-state index in [2.05, 4.69) is 76.2 Å². The molecule has 0 amide bonds. The van der Waals surface area contributed by atoms with E-state index in [1.54, 1.807) is 0 Å². The zero-order chi connectivity index (χ0) is 18.2. The second-order valence-electron chi connectivity index (χ2n) is 9.38. The summed E-state index contributed by atoms with van der Waals surface area (Å²) in [6.45, 7) is 25.9. The number of hydrogen-bond donors (Lipinski definition) is 0. The minimum absolute atomic E-state index is 0.296. The van der Waals surface area contributed by atoms with E-state index in [0.29, 0.717) is 16.7 Å². The van der Waals surface area contributed by atoms with Crippen LogP contribution in [0.15, 0.2) is 0 Å². The highest BCUT2D eigenvalue weighted by Gasteiger charge is 2.34. The first-order valence-corrected chi connectivity index (χ1v) is 8.98. The van der Waals surface area contributed by atoms with Crippen molar-refractivity contribution in [2.24, 2.45) is 16.7 Å². The minimum Gasteiger partial charge on any atom is -0.493 e. The normalized spacial score (nSPS) is 12.9. The van der Waals surface area contributed by atoms with Gasteiger partial charge in [-0.05, 0) is 85.6 Å². The monoisotopic (exact) mass is 318 g/mol. The van der Waals surface area contributed by atoms with Crippen molar-refractivity contribution in [3.63, 3.8) is 0 Å². The van der Waals surface area contributed by atoms with Gasteiger partial charge in [-0.1, -0.05) is 41.5 Å². The summed E-state index contributed by atoms with van der Waals surface area (Å²) in [7, 11) is 0. The van der Waals surface area contributed by atoms with E-state index in [1.807, 2.05) is 0 Å². The molecule has 0 atom stereocenters. The summed E-state index contributed by atoms with van der Waals surface area (Å²) in [5.74, 6) is 1.73. The molecule has 1 heteroatoms. The van der Waals surface area contributed by atoms with Gasteiger partial charge in [0.2, 0.25) is 0 Å². The predicted molar refractivity (Wildman–Crippen MR) is 103 cm³/mol. The van der Waals surface area contributed by atoms with Gasteiger partial charge in [0, 0.05) is 0 Å². The third-order valence-electron chi connectivity index (χ3n) is 5.67. The number of benzene rings is 1. The van der Waals surface area contributed by atoms with Crippen molar-refractivity contribution in [1.82, 2.24) is 0 Å². The molecule has 0 saturated heterocycles. The van der Waals surface area contributed by atoms with E-state index in [4.69, 9.17) is 4.74 Å². The first kappa shape index (κ1) is 20.1. The fraction of sp³-hybridized carbons (Fsp3) is 0.727. The Kier molecular flexibility index (Phi) is 5.99. The standard InChI is InChI=1S/C22H38O/c1-14-15(2)17(4)20(18(5)16(14)3)23-13-12-19(21(6,7)8)22(9,10)11/h19H,12-13H2,1-11H3. The Morgan fingerprint density at radius 2 is 1.00 bits per heavy atom. The molecule has 132 valence electrons. The summed E-state index contributed by atoms with van der Waals surface area (Å²) in [5, 5.41) is 0. The van der Waals surface area contributed by atoms with Crippen molar-refractivity contribution < 1.29 is 4.74 Å². The van der Waals surface area contributed by atoms with Crippen molar-refractivity contribution in [3.05, 3.63) is 27.8 Å². The van der Waals surface area contributed by atoms with Gasteiger partial charge in [0.15, 0.2) is 0 Å². The van der Waals surface area contributed by atoms with Crippen LogP contribution in [0.25, 0.3) is 0 Å². The Morgan fingerprint density at radius 1 is 0.652 bits per heavy atom. The summed E-state index contributed by atoms with van der Waals surface area (Å²) in [4.78, 5) is 0. The number of hydrogen-bond acceptors (Lipinski definition) is 1. The molecule has 1 rings (SSSR count). The van der Waals surface area contributed by atoms with E-state index in [1.165, 1.54) is 27.8 Å². The Balaban J connectivity index is 2.96. The lowest BCUT2D eigenvalue weighted by atomic mass is 9.65. The van der Waals surface area contributed by atoms with Crippen LogP contribution in [-0.2, 0) is 0 Å². The van der Waals surface area contributed by atoms with Crippen LogP contribution in [-0.4, -0.2) is 6.61 Å². The van der Waals surface area contributed by atoms with Crippen LogP contribution in [0.3, 0.4) is 0 Å². The average molecular weight is 319 g/mol. The highest BCUT2D eigenvalue weighted by Crippen LogP contribution is 2.42. The van der Waals surface area contributed by atoms with Gasteiger partial charge in [0.1, 0.15) is 5.75 Å². The molecule has 1 aromatic carbocycles. The molecule has 0 N–H and O–H groups in total. The maximum absolute atomic E-state index is 6.31. The van der Waals surface area contributed by atoms with Gasteiger partial charge in [-0.15, -0.1) is 0 Å². The van der Waals surface area contributed by atoms with E-state index < -0.39 is 0 Å². The van der Waals surface area contributed by atoms with Gasteiger partial charge in [-0.2, -0.15) is 0 Å². The Hall–Kier alpha value is -0.980. The van der Waals surface area contributed by atoms with Crippen molar-refractivity contribution in [3.8, 4) is 5.75 Å². The minimum atomic E-state index is 0.296. The number of ether oxygens (including phenoxy) is 1. The van der Waals surface area contributed by atoms with Crippen molar-refractivity contribution in [2.75, 3.05) is 6.61 Å². The van der Waals surface area contributed by atoms with Gasteiger partial charge in [0.25, 0.3) is 0 Å². The van der Waals surface area contributed by atoms with Crippen LogP contribution >= 0.6 is 0 Å². The highest BCUT2D eigenvalue weighted by molar-refractivity contribution is 5.53. The fourth-order valence-electron chi connectivity index (χ4n) is 4.13.